The molecule has 9 nitrogen and oxygen atoms in total. The van der Waals surface area contributed by atoms with Crippen molar-refractivity contribution in [3.05, 3.63) is 95.6 Å². The van der Waals surface area contributed by atoms with E-state index in [0.29, 0.717) is 13.2 Å². The Hall–Kier alpha value is -4.21. The van der Waals surface area contributed by atoms with Crippen molar-refractivity contribution in [1.29, 1.82) is 0 Å². The summed E-state index contributed by atoms with van der Waals surface area (Å²) in [6.07, 6.45) is -0.790. The van der Waals surface area contributed by atoms with E-state index in [1.165, 1.54) is 5.56 Å². The van der Waals surface area contributed by atoms with Gasteiger partial charge in [0.05, 0.1) is 12.5 Å². The number of amides is 2. The van der Waals surface area contributed by atoms with Crippen molar-refractivity contribution in [2.24, 2.45) is 0 Å². The SMILES string of the molecule is O=C(O)CC(NC(=O)OCC1c2ccccc2-c2ccccc21)C(=O)NCC1CN(Cc2ccccc2)CCCO1. The van der Waals surface area contributed by atoms with Gasteiger partial charge in [0, 0.05) is 38.7 Å². The molecule has 2 unspecified atom stereocenters. The van der Waals surface area contributed by atoms with Gasteiger partial charge in [-0.15, -0.1) is 0 Å². The van der Waals surface area contributed by atoms with Crippen LogP contribution in [0, 0.1) is 0 Å². The number of carboxylic acid groups (broad SMARTS) is 1. The highest BCUT2D eigenvalue weighted by Gasteiger charge is 2.30. The van der Waals surface area contributed by atoms with Gasteiger partial charge in [-0.1, -0.05) is 78.9 Å². The summed E-state index contributed by atoms with van der Waals surface area (Å²) in [5.74, 6) is -1.95. The van der Waals surface area contributed by atoms with E-state index in [1.807, 2.05) is 66.7 Å². The molecule has 9 heteroatoms. The molecule has 1 aliphatic carbocycles. The molecule has 1 saturated heterocycles. The maximum atomic E-state index is 13.0. The number of benzene rings is 3. The van der Waals surface area contributed by atoms with Gasteiger partial charge in [0.1, 0.15) is 12.6 Å². The van der Waals surface area contributed by atoms with Crippen LogP contribution in [0.5, 0.6) is 0 Å². The van der Waals surface area contributed by atoms with Crippen molar-refractivity contribution in [1.82, 2.24) is 15.5 Å². The van der Waals surface area contributed by atoms with Crippen molar-refractivity contribution >= 4 is 18.0 Å². The number of fused-ring (bicyclic) bond motifs is 3. The highest BCUT2D eigenvalue weighted by Crippen LogP contribution is 2.44. The molecule has 41 heavy (non-hydrogen) atoms. The Kier molecular flexibility index (Phi) is 9.28. The number of ether oxygens (including phenoxy) is 2. The molecule has 0 bridgehead atoms. The highest BCUT2D eigenvalue weighted by molar-refractivity contribution is 5.89. The largest absolute Gasteiger partial charge is 0.481 e. The topological polar surface area (TPSA) is 117 Å². The lowest BCUT2D eigenvalue weighted by atomic mass is 9.98. The number of alkyl carbamates (subject to hydrolysis) is 1. The average molecular weight is 558 g/mol. The minimum atomic E-state index is -1.28. The van der Waals surface area contributed by atoms with Crippen molar-refractivity contribution in [3.63, 3.8) is 0 Å². The van der Waals surface area contributed by atoms with Crippen LogP contribution in [-0.4, -0.2) is 73.0 Å². The summed E-state index contributed by atoms with van der Waals surface area (Å²) in [4.78, 5) is 39.5. The summed E-state index contributed by atoms with van der Waals surface area (Å²) < 4.78 is 11.5. The number of hydrogen-bond donors (Lipinski definition) is 3. The van der Waals surface area contributed by atoms with Crippen LogP contribution >= 0.6 is 0 Å². The zero-order chi connectivity index (χ0) is 28.6. The van der Waals surface area contributed by atoms with Gasteiger partial charge < -0.3 is 25.2 Å². The summed E-state index contributed by atoms with van der Waals surface area (Å²) in [6.45, 7) is 3.12. The quantitative estimate of drug-likeness (QED) is 0.347. The van der Waals surface area contributed by atoms with Gasteiger partial charge in [0.25, 0.3) is 0 Å². The van der Waals surface area contributed by atoms with Crippen LogP contribution in [0.1, 0.15) is 35.4 Å². The van der Waals surface area contributed by atoms with E-state index in [-0.39, 0.29) is 25.2 Å². The maximum Gasteiger partial charge on any atom is 0.407 e. The molecule has 2 amide bonds. The third kappa shape index (κ3) is 7.31. The molecular weight excluding hydrogens is 522 g/mol. The predicted molar refractivity (Wildman–Crippen MR) is 153 cm³/mol. The lowest BCUT2D eigenvalue weighted by molar-refractivity contribution is -0.139. The van der Waals surface area contributed by atoms with E-state index < -0.39 is 30.4 Å². The van der Waals surface area contributed by atoms with E-state index in [2.05, 4.69) is 27.7 Å². The second kappa shape index (κ2) is 13.4. The molecule has 0 aromatic heterocycles. The fourth-order valence-electron chi connectivity index (χ4n) is 5.58. The minimum Gasteiger partial charge on any atom is -0.481 e. The Balaban J connectivity index is 1.15. The Labute approximate surface area is 239 Å². The van der Waals surface area contributed by atoms with Crippen molar-refractivity contribution in [2.75, 3.05) is 32.8 Å². The highest BCUT2D eigenvalue weighted by atomic mass is 16.5. The number of rotatable bonds is 10. The zero-order valence-corrected chi connectivity index (χ0v) is 22.8. The van der Waals surface area contributed by atoms with Crippen LogP contribution in [0.25, 0.3) is 11.1 Å². The Morgan fingerprint density at radius 3 is 2.29 bits per heavy atom. The number of nitrogens with one attached hydrogen (secondary N) is 2. The van der Waals surface area contributed by atoms with Crippen LogP contribution in [0.4, 0.5) is 4.79 Å². The zero-order valence-electron chi connectivity index (χ0n) is 22.8. The maximum absolute atomic E-state index is 13.0. The van der Waals surface area contributed by atoms with Crippen LogP contribution in [-0.2, 0) is 25.6 Å². The van der Waals surface area contributed by atoms with Crippen LogP contribution in [0.15, 0.2) is 78.9 Å². The normalized spacial score (nSPS) is 17.5. The molecule has 0 spiro atoms. The molecule has 2 atom stereocenters. The number of aliphatic carboxylic acids is 1. The first-order valence-corrected chi connectivity index (χ1v) is 14.0. The Bertz CT molecular complexity index is 1320. The summed E-state index contributed by atoms with van der Waals surface area (Å²) in [5, 5.41) is 14.6. The average Bonchev–Trinajstić information content (AvgIpc) is 3.12. The molecule has 3 aromatic carbocycles. The first-order chi connectivity index (χ1) is 20.0. The Morgan fingerprint density at radius 1 is 0.951 bits per heavy atom. The molecule has 214 valence electrons. The molecule has 0 saturated carbocycles. The van der Waals surface area contributed by atoms with E-state index in [1.54, 1.807) is 0 Å². The van der Waals surface area contributed by atoms with Gasteiger partial charge in [-0.05, 0) is 34.2 Å². The number of carbonyl (C=O) groups is 3. The lowest BCUT2D eigenvalue weighted by Crippen LogP contribution is -2.50. The predicted octanol–water partition coefficient (Wildman–Crippen LogP) is 3.78. The first-order valence-electron chi connectivity index (χ1n) is 14.0. The molecule has 3 N–H and O–H groups in total. The van der Waals surface area contributed by atoms with Gasteiger partial charge in [-0.3, -0.25) is 14.5 Å². The fourth-order valence-corrected chi connectivity index (χ4v) is 5.58. The van der Waals surface area contributed by atoms with Crippen molar-refractivity contribution in [2.45, 2.75) is 37.5 Å². The van der Waals surface area contributed by atoms with E-state index >= 15 is 0 Å². The third-order valence-electron chi connectivity index (χ3n) is 7.52. The van der Waals surface area contributed by atoms with Gasteiger partial charge >= 0.3 is 12.1 Å². The van der Waals surface area contributed by atoms with Gasteiger partial charge in [0.2, 0.25) is 5.91 Å². The van der Waals surface area contributed by atoms with Gasteiger partial charge in [-0.2, -0.15) is 0 Å². The van der Waals surface area contributed by atoms with Gasteiger partial charge in [-0.25, -0.2) is 4.79 Å². The second-order valence-electron chi connectivity index (χ2n) is 10.4. The number of carboxylic acids is 1. The fraction of sp³-hybridized carbons (Fsp3) is 0.344. The van der Waals surface area contributed by atoms with Crippen LogP contribution in [0.3, 0.4) is 0 Å². The molecule has 0 radical (unpaired) electrons. The standard InChI is InChI=1S/C32H35N3O6/c36-30(37)17-29(31(38)33-18-23-20-35(15-8-16-40-23)19-22-9-2-1-3-10-22)34-32(39)41-21-28-26-13-6-4-11-24(26)25-12-5-7-14-27(25)28/h1-7,9-14,23,28-29H,8,15-21H2,(H,33,38)(H,34,39)(H,36,37). The molecule has 1 fully saturated rings. The molecule has 1 heterocycles. The number of carbonyl (C=O) groups excluding carboxylic acids is 2. The summed E-state index contributed by atoms with van der Waals surface area (Å²) in [7, 11) is 0. The summed E-state index contributed by atoms with van der Waals surface area (Å²) in [5.41, 5.74) is 5.52. The smallest absolute Gasteiger partial charge is 0.407 e. The Morgan fingerprint density at radius 2 is 1.61 bits per heavy atom. The van der Waals surface area contributed by atoms with E-state index in [4.69, 9.17) is 9.47 Å². The van der Waals surface area contributed by atoms with Crippen LogP contribution in [0.2, 0.25) is 0 Å². The monoisotopic (exact) mass is 557 g/mol. The minimum absolute atomic E-state index is 0.0639. The summed E-state index contributed by atoms with van der Waals surface area (Å²) in [6, 6.07) is 24.8. The number of hydrogen-bond acceptors (Lipinski definition) is 6. The van der Waals surface area contributed by atoms with Crippen molar-refractivity contribution in [3.8, 4) is 11.1 Å². The third-order valence-corrected chi connectivity index (χ3v) is 7.52. The first kappa shape index (κ1) is 28.3. The van der Waals surface area contributed by atoms with Crippen molar-refractivity contribution < 1.29 is 29.0 Å². The molecule has 5 rings (SSSR count). The van der Waals surface area contributed by atoms with E-state index in [0.717, 1.165) is 41.8 Å². The van der Waals surface area contributed by atoms with Crippen LogP contribution < -0.4 is 10.6 Å². The molecule has 3 aromatic rings. The lowest BCUT2D eigenvalue weighted by Gasteiger charge is -2.25. The van der Waals surface area contributed by atoms with Gasteiger partial charge in [0.15, 0.2) is 0 Å². The summed E-state index contributed by atoms with van der Waals surface area (Å²) >= 11 is 0. The second-order valence-corrected chi connectivity index (χ2v) is 10.4. The van der Waals surface area contributed by atoms with E-state index in [9.17, 15) is 19.5 Å². The number of nitrogens with zero attached hydrogens (tertiary/aromatic N) is 1. The molecule has 2 aliphatic rings. The molecule has 1 aliphatic heterocycles. The molecular formula is C32H35N3O6.